The molecule has 1 fully saturated rings. The van der Waals surface area contributed by atoms with Gasteiger partial charge in [0.25, 0.3) is 11.3 Å². The molecule has 1 unspecified atom stereocenters. The molecule has 5 N–H and O–H groups in total. The minimum atomic E-state index is -4.42. The monoisotopic (exact) mass is 1530 g/mol. The Morgan fingerprint density at radius 3 is 1.00 bits per heavy atom. The van der Waals surface area contributed by atoms with Gasteiger partial charge in [0.1, 0.15) is 22.4 Å². The van der Waals surface area contributed by atoms with Crippen molar-refractivity contribution in [3.63, 3.8) is 0 Å². The molecule has 0 saturated carbocycles. The van der Waals surface area contributed by atoms with E-state index in [1.807, 2.05) is 32.6 Å². The lowest BCUT2D eigenvalue weighted by Crippen LogP contribution is -2.45. The summed E-state index contributed by atoms with van der Waals surface area (Å²) in [6.07, 6.45) is -13.4. The Labute approximate surface area is 599 Å². The fraction of sp³-hybridized carbons (Fsp3) is 0.594. The van der Waals surface area contributed by atoms with Crippen LogP contribution < -0.4 is 16.0 Å². The topological polar surface area (TPSA) is 211 Å². The third-order valence-electron chi connectivity index (χ3n) is 14.4. The highest BCUT2D eigenvalue weighted by atomic mass is 32.2. The minimum absolute atomic E-state index is 0.0120. The van der Waals surface area contributed by atoms with E-state index in [9.17, 15) is 86.3 Å². The smallest absolute Gasteiger partial charge is 0.424 e. The number of alkyl carbamates (subject to hydrolysis) is 3. The largest absolute Gasteiger partial charge is 0.444 e. The lowest BCUT2D eigenvalue weighted by molar-refractivity contribution is -0.138. The second-order valence-electron chi connectivity index (χ2n) is 27.1. The van der Waals surface area contributed by atoms with Gasteiger partial charge in [0.2, 0.25) is 0 Å². The summed E-state index contributed by atoms with van der Waals surface area (Å²) >= 11 is 2.53. The predicted octanol–water partition coefficient (Wildman–Crippen LogP) is 17.9. The number of rotatable bonds is 21. The molecule has 572 valence electrons. The van der Waals surface area contributed by atoms with E-state index in [2.05, 4.69) is 16.0 Å². The average Bonchev–Trinajstić information content (AvgIpc) is 1.71. The number of hydrogen-bond donors (Lipinski definition) is 5. The van der Waals surface area contributed by atoms with Gasteiger partial charge >= 0.3 is 49.1 Å². The number of carbonyl (C=O) groups is 4. The number of thioether (sulfide) groups is 3. The Hall–Kier alpha value is -5.80. The van der Waals surface area contributed by atoms with Crippen LogP contribution in [0.4, 0.5) is 71.9 Å². The van der Waals surface area contributed by atoms with Crippen molar-refractivity contribution in [1.29, 1.82) is 0 Å². The summed E-state index contributed by atoms with van der Waals surface area (Å²) in [5.74, 6) is 0.373. The normalized spacial score (nSPS) is 16.7. The summed E-state index contributed by atoms with van der Waals surface area (Å²) in [6.45, 7) is 23.8. The predicted molar refractivity (Wildman–Crippen MR) is 372 cm³/mol. The van der Waals surface area contributed by atoms with Gasteiger partial charge in [-0.05, 0) is 185 Å². The fourth-order valence-corrected chi connectivity index (χ4v) is 13.1. The minimum Gasteiger partial charge on any atom is -0.444 e. The van der Waals surface area contributed by atoms with Crippen LogP contribution in [0.25, 0.3) is 0 Å². The van der Waals surface area contributed by atoms with Crippen molar-refractivity contribution in [3.05, 3.63) is 142 Å². The first-order valence-corrected chi connectivity index (χ1v) is 37.0. The van der Waals surface area contributed by atoms with E-state index in [1.165, 1.54) is 72.1 Å². The number of ether oxygens (including phenoxy) is 4. The van der Waals surface area contributed by atoms with E-state index in [-0.39, 0.29) is 43.6 Å². The Balaban J connectivity index is 0.000000458. The van der Waals surface area contributed by atoms with Crippen LogP contribution in [0.2, 0.25) is 0 Å². The van der Waals surface area contributed by atoms with Gasteiger partial charge in [-0.15, -0.1) is 0 Å². The maximum absolute atomic E-state index is 12.8. The lowest BCUT2D eigenvalue weighted by atomic mass is 9.90. The number of amides is 4. The second kappa shape index (κ2) is 39.9. The molecule has 5 rings (SSSR count). The molecule has 4 aromatic rings. The molecule has 16 nitrogen and oxygen atoms in total. The van der Waals surface area contributed by atoms with E-state index >= 15 is 0 Å². The highest BCUT2D eigenvalue weighted by Crippen LogP contribution is 2.38. The highest BCUT2D eigenvalue weighted by Gasteiger charge is 2.45. The summed E-state index contributed by atoms with van der Waals surface area (Å²) in [5, 5.41) is 27.4. The van der Waals surface area contributed by atoms with Crippen LogP contribution in [0.3, 0.4) is 0 Å². The van der Waals surface area contributed by atoms with E-state index in [0.29, 0.717) is 46.8 Å². The molecule has 1 aliphatic rings. The van der Waals surface area contributed by atoms with Gasteiger partial charge in [0, 0.05) is 53.0 Å². The van der Waals surface area contributed by atoms with E-state index < -0.39 is 129 Å². The summed E-state index contributed by atoms with van der Waals surface area (Å²) in [7, 11) is 0. The molecule has 1 aliphatic heterocycles. The molecule has 4 aromatic carbocycles. The molecule has 1 saturated heterocycles. The molecule has 32 heteroatoms. The summed E-state index contributed by atoms with van der Waals surface area (Å²) < 4.78 is 192. The van der Waals surface area contributed by atoms with Crippen molar-refractivity contribution in [1.82, 2.24) is 20.3 Å². The number of aliphatic hydroxyl groups is 2. The van der Waals surface area contributed by atoms with Gasteiger partial charge in [-0.3, -0.25) is 4.18 Å². The quantitative estimate of drug-likeness (QED) is 0.0388. The Morgan fingerprint density at radius 2 is 0.733 bits per heavy atom. The standard InChI is InChI=1S/C18H26F3NO2S.C17H22F3NO4S2.C17H24F3NO3S.C17H24F3NO3/c1-6-15(22-16(23)24-17(2,3)4)14(11-25-5)12-7-9-13(10-8-12)18(19,20)21;1-16(2,3)25-15(22)21-14(9-24-27(21)23)13(10-26-4)11-5-7-12(8-6-11)17(18,19)20;1-16(2,3)24-15(23)21-14(9-22)13(10-25-4)11-5-7-12(8-6-11)17(18,19)20;1-5-14(21-15(23)24-16(2,3)4)13(10-22)11-6-8-12(9-7-11)17(18,19)20/h7-10,14-15H,6,11H2,1-5H3,(H,22,23);5-8,13-14H,9-10H2,1-4H3;5-8,13-14,22H,9-10H2,1-4H3,(H,21,23);6-9,13-14,22H,5,10H2,1-4H3,(H,21,23)/t14-,15+;13-,14+,27?;2*13-,14+/m0000/s1. The fourth-order valence-electron chi connectivity index (χ4n) is 9.77. The lowest BCUT2D eigenvalue weighted by Gasteiger charge is -2.30. The van der Waals surface area contributed by atoms with Gasteiger partial charge in [-0.25, -0.2) is 23.4 Å². The van der Waals surface area contributed by atoms with Crippen molar-refractivity contribution < 1.29 is 109 Å². The Bertz CT molecular complexity index is 3080. The Morgan fingerprint density at radius 1 is 0.455 bits per heavy atom. The molecule has 0 bridgehead atoms. The molecule has 4 amide bonds. The van der Waals surface area contributed by atoms with Crippen LogP contribution in [-0.4, -0.2) is 146 Å². The number of alkyl halides is 12. The molecule has 1 heterocycles. The zero-order valence-electron chi connectivity index (χ0n) is 59.6. The highest BCUT2D eigenvalue weighted by molar-refractivity contribution is 7.99. The zero-order chi connectivity index (χ0) is 77.5. The number of halogens is 12. The van der Waals surface area contributed by atoms with Crippen molar-refractivity contribution in [3.8, 4) is 0 Å². The molecular formula is C69H96F12N4O12S4. The first-order chi connectivity index (χ1) is 46.4. The van der Waals surface area contributed by atoms with Crippen LogP contribution in [0.1, 0.15) is 178 Å². The molecular weight excluding hydrogens is 1430 g/mol. The van der Waals surface area contributed by atoms with Gasteiger partial charge in [0.05, 0.1) is 54.2 Å². The van der Waals surface area contributed by atoms with Crippen molar-refractivity contribution in [2.45, 2.75) is 205 Å². The molecule has 9 atom stereocenters. The maximum Gasteiger partial charge on any atom is 0.424 e. The van der Waals surface area contributed by atoms with Gasteiger partial charge in [0.15, 0.2) is 0 Å². The number of hydrogen-bond acceptors (Lipinski definition) is 15. The van der Waals surface area contributed by atoms with Crippen LogP contribution in [-0.2, 0) is 59.1 Å². The van der Waals surface area contributed by atoms with Crippen molar-refractivity contribution >= 4 is 70.9 Å². The van der Waals surface area contributed by atoms with Crippen LogP contribution in [0.5, 0.6) is 0 Å². The molecule has 0 aliphatic carbocycles. The van der Waals surface area contributed by atoms with Crippen molar-refractivity contribution in [2.24, 2.45) is 0 Å². The molecule has 0 aromatic heterocycles. The van der Waals surface area contributed by atoms with Gasteiger partial charge in [-0.2, -0.15) is 92.3 Å². The van der Waals surface area contributed by atoms with E-state index in [1.54, 1.807) is 94.8 Å². The van der Waals surface area contributed by atoms with Crippen LogP contribution in [0.15, 0.2) is 97.1 Å². The first-order valence-electron chi connectivity index (χ1n) is 31.8. The summed E-state index contributed by atoms with van der Waals surface area (Å²) in [6, 6.07) is 17.3. The summed E-state index contributed by atoms with van der Waals surface area (Å²) in [5.41, 5.74) is -3.13. The van der Waals surface area contributed by atoms with Crippen LogP contribution >= 0.6 is 35.3 Å². The van der Waals surface area contributed by atoms with Gasteiger partial charge < -0.3 is 45.1 Å². The summed E-state index contributed by atoms with van der Waals surface area (Å²) in [4.78, 5) is 48.4. The zero-order valence-corrected chi connectivity index (χ0v) is 62.9. The van der Waals surface area contributed by atoms with Crippen LogP contribution in [0, 0.1) is 0 Å². The molecule has 0 radical (unpaired) electrons. The number of carbonyl (C=O) groups excluding carboxylic acids is 4. The third-order valence-corrected chi connectivity index (χ3v) is 17.5. The van der Waals surface area contributed by atoms with E-state index in [0.717, 1.165) is 58.4 Å². The third kappa shape index (κ3) is 32.8. The first kappa shape index (κ1) is 91.3. The number of benzene rings is 4. The van der Waals surface area contributed by atoms with Gasteiger partial charge in [-0.1, -0.05) is 62.4 Å². The number of nitrogens with one attached hydrogen (secondary N) is 3. The Kier molecular flexibility index (Phi) is 36.1. The molecule has 0 spiro atoms. The number of aliphatic hydroxyl groups excluding tert-OH is 2. The van der Waals surface area contributed by atoms with Crippen molar-refractivity contribution in [2.75, 3.05) is 55.8 Å². The average molecular weight is 1530 g/mol. The van der Waals surface area contributed by atoms with E-state index in [4.69, 9.17) is 23.1 Å². The molecule has 101 heavy (non-hydrogen) atoms. The second-order valence-corrected chi connectivity index (χ2v) is 30.9. The maximum atomic E-state index is 12.8. The number of nitrogens with zero attached hydrogens (tertiary/aromatic N) is 1. The SMILES string of the molecule is CC[C@@H](NC(=O)OC(C)(C)C)[C@@H](CO)c1ccc(C(F)(F)F)cc1.CC[C@@H](NC(=O)OC(C)(C)C)[C@@H](CSC)c1ccc(C(F)(F)F)cc1.CSC[C@@H](c1ccc(C(F)(F)F)cc1)[C@@H](CO)NC(=O)OC(C)(C)C.CSC[C@@H](c1ccc(C(F)(F)F)cc1)[C@H]1COS(=O)N1C(=O)OC(C)(C)C.